The zero-order valence-electron chi connectivity index (χ0n) is 5.47. The van der Waals surface area contributed by atoms with Crippen LogP contribution in [0.25, 0.3) is 10.8 Å². The van der Waals surface area contributed by atoms with E-state index in [1.807, 2.05) is 0 Å². The fourth-order valence-corrected chi connectivity index (χ4v) is 2.45. The van der Waals surface area contributed by atoms with Crippen molar-refractivity contribution < 1.29 is 0 Å². The fraction of sp³-hybridized carbons (Fsp3) is 0. The van der Waals surface area contributed by atoms with Gasteiger partial charge in [-0.3, -0.25) is 0 Å². The first-order valence-corrected chi connectivity index (χ1v) is 5.61. The van der Waals surface area contributed by atoms with Crippen LogP contribution < -0.4 is 0 Å². The van der Waals surface area contributed by atoms with Crippen molar-refractivity contribution in [2.75, 3.05) is 0 Å². The van der Waals surface area contributed by atoms with Gasteiger partial charge in [0.15, 0.2) is 0 Å². The molecule has 0 fully saturated rings. The maximum atomic E-state index is 3.46. The Labute approximate surface area is 85.5 Å². The monoisotopic (exact) mass is 290 g/mol. The molecule has 2 aromatic rings. The molecule has 0 spiro atoms. The third-order valence-electron chi connectivity index (χ3n) is 1.52. The highest BCUT2D eigenvalue weighted by atomic mass is 79.9. The summed E-state index contributed by atoms with van der Waals surface area (Å²) in [5, 5.41) is 6.88. The molecule has 0 saturated carbocycles. The summed E-state index contributed by atoms with van der Waals surface area (Å²) in [5.74, 6) is 0. The van der Waals surface area contributed by atoms with E-state index in [0.29, 0.717) is 0 Å². The van der Waals surface area contributed by atoms with Gasteiger partial charge in [0, 0.05) is 8.95 Å². The number of hydrogen-bond acceptors (Lipinski definition) is 1. The van der Waals surface area contributed by atoms with Crippen molar-refractivity contribution in [2.45, 2.75) is 0 Å². The summed E-state index contributed by atoms with van der Waals surface area (Å²) in [6, 6.07) is 4.24. The smallest absolute Gasteiger partial charge is 0.0324 e. The van der Waals surface area contributed by atoms with Crippen LogP contribution in [0.3, 0.4) is 0 Å². The molecule has 11 heavy (non-hydrogen) atoms. The molecule has 0 radical (unpaired) electrons. The Kier molecular flexibility index (Phi) is 2.04. The Bertz CT molecular complexity index is 356. The minimum Gasteiger partial charge on any atom is -0.151 e. The van der Waals surface area contributed by atoms with Crippen LogP contribution in [0, 0.1) is 0 Å². The van der Waals surface area contributed by atoms with Gasteiger partial charge < -0.3 is 0 Å². The van der Waals surface area contributed by atoms with E-state index in [4.69, 9.17) is 0 Å². The minimum atomic E-state index is 1.11. The summed E-state index contributed by atoms with van der Waals surface area (Å²) >= 11 is 8.65. The average Bonchev–Trinajstić information content (AvgIpc) is 2.36. The molecule has 0 aliphatic carbocycles. The molecule has 0 aliphatic rings. The summed E-state index contributed by atoms with van der Waals surface area (Å²) in [6.07, 6.45) is 0. The molecule has 56 valence electrons. The summed E-state index contributed by atoms with van der Waals surface area (Å²) in [7, 11) is 0. The maximum Gasteiger partial charge on any atom is 0.0324 e. The quantitative estimate of drug-likeness (QED) is 0.674. The lowest BCUT2D eigenvalue weighted by molar-refractivity contribution is 1.68. The van der Waals surface area contributed by atoms with E-state index in [1.165, 1.54) is 10.8 Å². The highest BCUT2D eigenvalue weighted by Crippen LogP contribution is 2.30. The van der Waals surface area contributed by atoms with Crippen molar-refractivity contribution in [3.05, 3.63) is 31.8 Å². The third kappa shape index (κ3) is 1.37. The van der Waals surface area contributed by atoms with Crippen LogP contribution in [-0.4, -0.2) is 0 Å². The van der Waals surface area contributed by atoms with Gasteiger partial charge in [-0.25, -0.2) is 0 Å². The molecular weight excluding hydrogens is 288 g/mol. The van der Waals surface area contributed by atoms with Crippen molar-refractivity contribution in [2.24, 2.45) is 0 Å². The van der Waals surface area contributed by atoms with E-state index in [-0.39, 0.29) is 0 Å². The van der Waals surface area contributed by atoms with Crippen LogP contribution in [0.2, 0.25) is 0 Å². The molecular formula is C8H4Br2S. The predicted octanol–water partition coefficient (Wildman–Crippen LogP) is 4.43. The summed E-state index contributed by atoms with van der Waals surface area (Å²) in [4.78, 5) is 0. The normalized spacial score (nSPS) is 10.7. The van der Waals surface area contributed by atoms with Crippen molar-refractivity contribution in [1.82, 2.24) is 0 Å². The van der Waals surface area contributed by atoms with Gasteiger partial charge in [-0.15, -0.1) is 0 Å². The van der Waals surface area contributed by atoms with E-state index < -0.39 is 0 Å². The van der Waals surface area contributed by atoms with Gasteiger partial charge in [0.1, 0.15) is 0 Å². The second kappa shape index (κ2) is 2.88. The lowest BCUT2D eigenvalue weighted by atomic mass is 10.2. The number of hydrogen-bond donors (Lipinski definition) is 0. The first-order valence-electron chi connectivity index (χ1n) is 3.08. The zero-order valence-corrected chi connectivity index (χ0v) is 9.46. The van der Waals surface area contributed by atoms with Gasteiger partial charge in [0.05, 0.1) is 0 Å². The molecule has 2 rings (SSSR count). The average molecular weight is 292 g/mol. The third-order valence-corrected chi connectivity index (χ3v) is 4.14. The van der Waals surface area contributed by atoms with E-state index >= 15 is 0 Å². The van der Waals surface area contributed by atoms with Gasteiger partial charge in [0.2, 0.25) is 0 Å². The second-order valence-electron chi connectivity index (χ2n) is 2.27. The van der Waals surface area contributed by atoms with Crippen LogP contribution in [0.5, 0.6) is 0 Å². The highest BCUT2D eigenvalue weighted by molar-refractivity contribution is 9.13. The zero-order chi connectivity index (χ0) is 7.84. The number of thiophene rings is 1. The number of benzene rings is 1. The lowest BCUT2D eigenvalue weighted by Crippen LogP contribution is -1.68. The van der Waals surface area contributed by atoms with Crippen LogP contribution in [0.4, 0.5) is 0 Å². The Hall–Kier alpha value is 0.140. The van der Waals surface area contributed by atoms with E-state index in [1.54, 1.807) is 11.3 Å². The van der Waals surface area contributed by atoms with E-state index in [0.717, 1.165) is 8.95 Å². The SMILES string of the molecule is Brc1cc2cscc2cc1Br. The van der Waals surface area contributed by atoms with Crippen LogP contribution in [0.15, 0.2) is 31.8 Å². The van der Waals surface area contributed by atoms with Crippen LogP contribution in [-0.2, 0) is 0 Å². The van der Waals surface area contributed by atoms with Gasteiger partial charge >= 0.3 is 0 Å². The number of fused-ring (bicyclic) bond motifs is 1. The van der Waals surface area contributed by atoms with Crippen molar-refractivity contribution in [1.29, 1.82) is 0 Å². The maximum absolute atomic E-state index is 3.46. The predicted molar refractivity (Wildman–Crippen MR) is 57.2 cm³/mol. The van der Waals surface area contributed by atoms with Crippen molar-refractivity contribution in [3.63, 3.8) is 0 Å². The van der Waals surface area contributed by atoms with E-state index in [9.17, 15) is 0 Å². The van der Waals surface area contributed by atoms with E-state index in [2.05, 4.69) is 54.8 Å². The van der Waals surface area contributed by atoms with Crippen LogP contribution in [0.1, 0.15) is 0 Å². The molecule has 0 nitrogen and oxygen atoms in total. The fourth-order valence-electron chi connectivity index (χ4n) is 0.962. The molecule has 0 aliphatic heterocycles. The molecule has 3 heteroatoms. The van der Waals surface area contributed by atoms with Gasteiger partial charge in [0.25, 0.3) is 0 Å². The molecule has 0 N–H and O–H groups in total. The van der Waals surface area contributed by atoms with Gasteiger partial charge in [-0.05, 0) is 65.5 Å². The highest BCUT2D eigenvalue weighted by Gasteiger charge is 1.99. The Balaban J connectivity index is 2.86. The molecule has 0 amide bonds. The summed E-state index contributed by atoms with van der Waals surface area (Å²) in [6.45, 7) is 0. The molecule has 0 unspecified atom stereocenters. The lowest BCUT2D eigenvalue weighted by Gasteiger charge is -1.94. The number of rotatable bonds is 0. The molecule has 1 aromatic carbocycles. The first-order chi connectivity index (χ1) is 5.27. The summed E-state index contributed by atoms with van der Waals surface area (Å²) < 4.78 is 2.23. The van der Waals surface area contributed by atoms with Gasteiger partial charge in [-0.1, -0.05) is 0 Å². The van der Waals surface area contributed by atoms with Crippen LogP contribution >= 0.6 is 43.2 Å². The minimum absolute atomic E-state index is 1.11. The first kappa shape index (κ1) is 7.77. The number of halogens is 2. The standard InChI is InChI=1S/C8H4Br2S/c9-7-1-5-3-11-4-6(5)2-8(7)10/h1-4H. The van der Waals surface area contributed by atoms with Gasteiger partial charge in [-0.2, -0.15) is 11.3 Å². The summed E-state index contributed by atoms with van der Waals surface area (Å²) in [5.41, 5.74) is 0. The Morgan fingerprint density at radius 2 is 1.36 bits per heavy atom. The Morgan fingerprint density at radius 1 is 0.909 bits per heavy atom. The molecule has 0 atom stereocenters. The van der Waals surface area contributed by atoms with Crippen molar-refractivity contribution in [3.8, 4) is 0 Å². The molecule has 1 aromatic heterocycles. The topological polar surface area (TPSA) is 0 Å². The molecule has 0 bridgehead atoms. The second-order valence-corrected chi connectivity index (χ2v) is 4.72. The Morgan fingerprint density at radius 3 is 1.82 bits per heavy atom. The molecule has 1 heterocycles. The largest absolute Gasteiger partial charge is 0.151 e. The molecule has 0 saturated heterocycles. The van der Waals surface area contributed by atoms with Crippen molar-refractivity contribution >= 4 is 54.0 Å².